The molecule has 0 radical (unpaired) electrons. The van der Waals surface area contributed by atoms with Crippen molar-refractivity contribution in [3.63, 3.8) is 0 Å². The standard InChI is InChI=1S/C19H22N2/c1-2-7-17(8-3-1)11-14-20-13-6-15-21-16-12-18-9-4-5-10-19(18)21/h1-5,7-10,12,16,20H,6,11,13-15H2. The molecule has 3 rings (SSSR count). The zero-order chi connectivity index (χ0) is 14.3. The predicted molar refractivity (Wildman–Crippen MR) is 89.6 cm³/mol. The molecule has 0 bridgehead atoms. The third-order valence-corrected chi connectivity index (χ3v) is 3.87. The molecule has 21 heavy (non-hydrogen) atoms. The van der Waals surface area contributed by atoms with Crippen LogP contribution in [0.1, 0.15) is 12.0 Å². The van der Waals surface area contributed by atoms with Crippen LogP contribution in [0.25, 0.3) is 10.9 Å². The quantitative estimate of drug-likeness (QED) is 0.649. The summed E-state index contributed by atoms with van der Waals surface area (Å²) in [4.78, 5) is 0. The number of rotatable bonds is 7. The Morgan fingerprint density at radius 2 is 1.62 bits per heavy atom. The minimum atomic E-state index is 1.05. The summed E-state index contributed by atoms with van der Waals surface area (Å²) in [5, 5.41) is 4.86. The van der Waals surface area contributed by atoms with E-state index in [-0.39, 0.29) is 0 Å². The highest BCUT2D eigenvalue weighted by atomic mass is 15.0. The van der Waals surface area contributed by atoms with Gasteiger partial charge in [0, 0.05) is 18.3 Å². The first-order valence-corrected chi connectivity index (χ1v) is 7.72. The van der Waals surface area contributed by atoms with E-state index in [1.54, 1.807) is 0 Å². The molecule has 1 heterocycles. The van der Waals surface area contributed by atoms with E-state index in [0.717, 1.165) is 32.5 Å². The fourth-order valence-corrected chi connectivity index (χ4v) is 2.71. The smallest absolute Gasteiger partial charge is 0.0480 e. The van der Waals surface area contributed by atoms with Crippen LogP contribution in [-0.4, -0.2) is 17.7 Å². The first-order chi connectivity index (χ1) is 10.4. The maximum atomic E-state index is 3.53. The first kappa shape index (κ1) is 13.9. The molecule has 0 aliphatic rings. The van der Waals surface area contributed by atoms with Crippen LogP contribution < -0.4 is 5.32 Å². The monoisotopic (exact) mass is 278 g/mol. The molecule has 0 fully saturated rings. The van der Waals surface area contributed by atoms with Crippen LogP contribution in [0.2, 0.25) is 0 Å². The van der Waals surface area contributed by atoms with Gasteiger partial charge >= 0.3 is 0 Å². The number of benzene rings is 2. The van der Waals surface area contributed by atoms with Crippen molar-refractivity contribution >= 4 is 10.9 Å². The zero-order valence-corrected chi connectivity index (χ0v) is 12.3. The Balaban J connectivity index is 1.39. The lowest BCUT2D eigenvalue weighted by Gasteiger charge is -2.07. The van der Waals surface area contributed by atoms with Gasteiger partial charge in [-0.3, -0.25) is 0 Å². The molecule has 0 unspecified atom stereocenters. The van der Waals surface area contributed by atoms with Crippen molar-refractivity contribution in [2.75, 3.05) is 13.1 Å². The molecule has 0 aliphatic carbocycles. The van der Waals surface area contributed by atoms with Crippen molar-refractivity contribution in [3.8, 4) is 0 Å². The third-order valence-electron chi connectivity index (χ3n) is 3.87. The van der Waals surface area contributed by atoms with Crippen molar-refractivity contribution in [1.29, 1.82) is 0 Å². The van der Waals surface area contributed by atoms with Crippen LogP contribution in [0.15, 0.2) is 66.9 Å². The van der Waals surface area contributed by atoms with Gasteiger partial charge in [0.15, 0.2) is 0 Å². The second-order valence-corrected chi connectivity index (χ2v) is 5.41. The van der Waals surface area contributed by atoms with Crippen molar-refractivity contribution in [2.45, 2.75) is 19.4 Å². The van der Waals surface area contributed by atoms with E-state index in [0.29, 0.717) is 0 Å². The van der Waals surface area contributed by atoms with Gasteiger partial charge in [-0.1, -0.05) is 48.5 Å². The van der Waals surface area contributed by atoms with Crippen LogP contribution in [0.3, 0.4) is 0 Å². The summed E-state index contributed by atoms with van der Waals surface area (Å²) in [5.74, 6) is 0. The number of aryl methyl sites for hydroxylation is 1. The summed E-state index contributed by atoms with van der Waals surface area (Å²) in [6.45, 7) is 3.20. The molecular weight excluding hydrogens is 256 g/mol. The van der Waals surface area contributed by atoms with E-state index in [4.69, 9.17) is 0 Å². The number of nitrogens with zero attached hydrogens (tertiary/aromatic N) is 1. The Kier molecular flexibility index (Phi) is 4.70. The fraction of sp³-hybridized carbons (Fsp3) is 0.263. The average molecular weight is 278 g/mol. The number of para-hydroxylation sites is 1. The van der Waals surface area contributed by atoms with Gasteiger partial charge in [0.25, 0.3) is 0 Å². The lowest BCUT2D eigenvalue weighted by molar-refractivity contribution is 0.591. The normalized spacial score (nSPS) is 11.0. The van der Waals surface area contributed by atoms with Gasteiger partial charge in [-0.15, -0.1) is 0 Å². The van der Waals surface area contributed by atoms with Gasteiger partial charge in [0.05, 0.1) is 0 Å². The van der Waals surface area contributed by atoms with Crippen LogP contribution >= 0.6 is 0 Å². The minimum Gasteiger partial charge on any atom is -0.347 e. The Morgan fingerprint density at radius 3 is 2.52 bits per heavy atom. The second kappa shape index (κ2) is 7.09. The Bertz CT molecular complexity index is 670. The van der Waals surface area contributed by atoms with E-state index in [9.17, 15) is 0 Å². The number of nitrogens with one attached hydrogen (secondary N) is 1. The van der Waals surface area contributed by atoms with Crippen molar-refractivity contribution in [2.24, 2.45) is 0 Å². The van der Waals surface area contributed by atoms with E-state index in [1.807, 2.05) is 0 Å². The summed E-state index contributed by atoms with van der Waals surface area (Å²) >= 11 is 0. The van der Waals surface area contributed by atoms with E-state index in [2.05, 4.69) is 76.7 Å². The molecule has 108 valence electrons. The van der Waals surface area contributed by atoms with Gasteiger partial charge in [-0.05, 0) is 49.0 Å². The summed E-state index contributed by atoms with van der Waals surface area (Å²) in [6, 6.07) is 21.4. The Labute approximate surface area is 126 Å². The van der Waals surface area contributed by atoms with Crippen molar-refractivity contribution in [3.05, 3.63) is 72.4 Å². The molecule has 1 aromatic heterocycles. The molecule has 2 heteroatoms. The van der Waals surface area contributed by atoms with Crippen LogP contribution in [-0.2, 0) is 13.0 Å². The van der Waals surface area contributed by atoms with E-state index < -0.39 is 0 Å². The molecule has 0 atom stereocenters. The molecule has 0 saturated carbocycles. The first-order valence-electron chi connectivity index (χ1n) is 7.72. The topological polar surface area (TPSA) is 17.0 Å². The van der Waals surface area contributed by atoms with E-state index >= 15 is 0 Å². The van der Waals surface area contributed by atoms with E-state index in [1.165, 1.54) is 16.5 Å². The third kappa shape index (κ3) is 3.73. The summed E-state index contributed by atoms with van der Waals surface area (Å²) in [7, 11) is 0. The number of aromatic nitrogens is 1. The van der Waals surface area contributed by atoms with Gasteiger partial charge < -0.3 is 9.88 Å². The molecule has 2 nitrogen and oxygen atoms in total. The molecular formula is C19H22N2. The van der Waals surface area contributed by atoms with Gasteiger partial charge in [-0.2, -0.15) is 0 Å². The highest BCUT2D eigenvalue weighted by Gasteiger charge is 1.99. The Morgan fingerprint density at radius 1 is 0.810 bits per heavy atom. The molecule has 0 saturated heterocycles. The van der Waals surface area contributed by atoms with Crippen LogP contribution in [0, 0.1) is 0 Å². The Hall–Kier alpha value is -2.06. The van der Waals surface area contributed by atoms with Crippen LogP contribution in [0.4, 0.5) is 0 Å². The lowest BCUT2D eigenvalue weighted by Crippen LogP contribution is -2.19. The summed E-state index contributed by atoms with van der Waals surface area (Å²) in [6.07, 6.45) is 4.45. The minimum absolute atomic E-state index is 1.05. The molecule has 0 aliphatic heterocycles. The maximum Gasteiger partial charge on any atom is 0.0480 e. The summed E-state index contributed by atoms with van der Waals surface area (Å²) < 4.78 is 2.34. The number of hydrogen-bond donors (Lipinski definition) is 1. The SMILES string of the molecule is c1ccc(CCNCCCn2ccc3ccccc32)cc1. The molecule has 0 amide bonds. The largest absolute Gasteiger partial charge is 0.347 e. The molecule has 0 spiro atoms. The second-order valence-electron chi connectivity index (χ2n) is 5.41. The van der Waals surface area contributed by atoms with Crippen molar-refractivity contribution in [1.82, 2.24) is 9.88 Å². The maximum absolute atomic E-state index is 3.53. The lowest BCUT2D eigenvalue weighted by atomic mass is 10.1. The number of hydrogen-bond acceptors (Lipinski definition) is 1. The molecule has 1 N–H and O–H groups in total. The zero-order valence-electron chi connectivity index (χ0n) is 12.3. The van der Waals surface area contributed by atoms with Gasteiger partial charge in [0.1, 0.15) is 0 Å². The fourth-order valence-electron chi connectivity index (χ4n) is 2.71. The summed E-state index contributed by atoms with van der Waals surface area (Å²) in [5.41, 5.74) is 2.74. The van der Waals surface area contributed by atoms with Gasteiger partial charge in [0.2, 0.25) is 0 Å². The number of fused-ring (bicyclic) bond motifs is 1. The molecule has 3 aromatic rings. The van der Waals surface area contributed by atoms with Gasteiger partial charge in [-0.25, -0.2) is 0 Å². The predicted octanol–water partition coefficient (Wildman–Crippen LogP) is 3.86. The highest BCUT2D eigenvalue weighted by Crippen LogP contribution is 2.15. The molecule has 2 aromatic carbocycles. The van der Waals surface area contributed by atoms with Crippen molar-refractivity contribution < 1.29 is 0 Å². The van der Waals surface area contributed by atoms with Crippen LogP contribution in [0.5, 0.6) is 0 Å². The highest BCUT2D eigenvalue weighted by molar-refractivity contribution is 5.79. The average Bonchev–Trinajstić information content (AvgIpc) is 2.95.